The lowest BCUT2D eigenvalue weighted by molar-refractivity contribution is -0.137. The Morgan fingerprint density at radius 3 is 2.44 bits per heavy atom. The molecule has 1 amide bonds. The van der Waals surface area contributed by atoms with Gasteiger partial charge in [0.1, 0.15) is 0 Å². The van der Waals surface area contributed by atoms with Crippen LogP contribution in [0.25, 0.3) is 0 Å². The maximum absolute atomic E-state index is 12.7. The van der Waals surface area contributed by atoms with Gasteiger partial charge in [-0.15, -0.1) is 0 Å². The Balaban J connectivity index is 2.19. The van der Waals surface area contributed by atoms with Crippen LogP contribution in [0.4, 0.5) is 13.2 Å². The van der Waals surface area contributed by atoms with E-state index >= 15 is 0 Å². The Kier molecular flexibility index (Phi) is 5.43. The van der Waals surface area contributed by atoms with Crippen molar-refractivity contribution in [2.45, 2.75) is 17.6 Å². The quantitative estimate of drug-likeness (QED) is 0.864. The van der Waals surface area contributed by atoms with Crippen molar-refractivity contribution in [3.05, 3.63) is 64.2 Å². The van der Waals surface area contributed by atoms with E-state index in [4.69, 9.17) is 11.6 Å². The molecule has 0 aliphatic carbocycles. The summed E-state index contributed by atoms with van der Waals surface area (Å²) in [7, 11) is -3.53. The van der Waals surface area contributed by atoms with E-state index in [1.54, 1.807) is 0 Å². The Hall–Kier alpha value is -2.06. The summed E-state index contributed by atoms with van der Waals surface area (Å²) in [4.78, 5) is 12.1. The Labute approximate surface area is 147 Å². The molecule has 0 unspecified atom stereocenters. The lowest BCUT2D eigenvalue weighted by atomic mass is 10.1. The maximum Gasteiger partial charge on any atom is 0.416 e. The molecular weight excluding hydrogens is 379 g/mol. The van der Waals surface area contributed by atoms with Gasteiger partial charge < -0.3 is 5.32 Å². The van der Waals surface area contributed by atoms with Crippen molar-refractivity contribution in [2.75, 3.05) is 6.26 Å². The van der Waals surface area contributed by atoms with Gasteiger partial charge in [0, 0.05) is 12.8 Å². The molecule has 2 aromatic rings. The number of rotatable bonds is 4. The van der Waals surface area contributed by atoms with Crippen LogP contribution < -0.4 is 5.32 Å². The Bertz CT molecular complexity index is 911. The van der Waals surface area contributed by atoms with Crippen LogP contribution in [0.5, 0.6) is 0 Å². The third-order valence-electron chi connectivity index (χ3n) is 3.32. The first-order valence-corrected chi connectivity index (χ1v) is 9.19. The van der Waals surface area contributed by atoms with Gasteiger partial charge in [-0.05, 0) is 35.9 Å². The predicted molar refractivity (Wildman–Crippen MR) is 87.2 cm³/mol. The number of alkyl halides is 3. The van der Waals surface area contributed by atoms with E-state index in [0.29, 0.717) is 0 Å². The standard InChI is InChI=1S/C16H13ClF3NO3S/c1-25(23,24)12-5-6-14(17)13(8-12)15(22)21-9-10-3-2-4-11(7-10)16(18,19)20/h2-8H,9H2,1H3,(H,21,22). The summed E-state index contributed by atoms with van der Waals surface area (Å²) in [5.41, 5.74) is -0.647. The highest BCUT2D eigenvalue weighted by atomic mass is 35.5. The van der Waals surface area contributed by atoms with Gasteiger partial charge in [-0.1, -0.05) is 23.7 Å². The van der Waals surface area contributed by atoms with Crippen LogP contribution in [0, 0.1) is 0 Å². The number of carbonyl (C=O) groups is 1. The van der Waals surface area contributed by atoms with Crippen molar-refractivity contribution in [3.8, 4) is 0 Å². The molecule has 0 heterocycles. The molecule has 0 atom stereocenters. The molecule has 0 aliphatic rings. The zero-order valence-corrected chi connectivity index (χ0v) is 14.5. The molecule has 25 heavy (non-hydrogen) atoms. The van der Waals surface area contributed by atoms with Crippen molar-refractivity contribution in [3.63, 3.8) is 0 Å². The van der Waals surface area contributed by atoms with Crippen molar-refractivity contribution < 1.29 is 26.4 Å². The second kappa shape index (κ2) is 7.05. The number of halogens is 4. The minimum absolute atomic E-state index is 0.0361. The van der Waals surface area contributed by atoms with Gasteiger partial charge in [0.2, 0.25) is 0 Å². The molecule has 0 bridgehead atoms. The fourth-order valence-electron chi connectivity index (χ4n) is 2.04. The van der Waals surface area contributed by atoms with Crippen LogP contribution in [0.15, 0.2) is 47.4 Å². The van der Waals surface area contributed by atoms with Gasteiger partial charge >= 0.3 is 6.18 Å². The fraction of sp³-hybridized carbons (Fsp3) is 0.188. The molecule has 0 radical (unpaired) electrons. The highest BCUT2D eigenvalue weighted by Gasteiger charge is 2.30. The molecule has 0 saturated carbocycles. The second-order valence-electron chi connectivity index (χ2n) is 5.29. The van der Waals surface area contributed by atoms with Crippen LogP contribution in [-0.2, 0) is 22.6 Å². The van der Waals surface area contributed by atoms with Gasteiger partial charge in [0.25, 0.3) is 5.91 Å². The topological polar surface area (TPSA) is 63.2 Å². The number of carbonyl (C=O) groups excluding carboxylic acids is 1. The molecule has 0 fully saturated rings. The molecule has 9 heteroatoms. The number of nitrogens with one attached hydrogen (secondary N) is 1. The first kappa shape index (κ1) is 19.3. The number of benzene rings is 2. The van der Waals surface area contributed by atoms with Gasteiger partial charge in [-0.3, -0.25) is 4.79 Å². The largest absolute Gasteiger partial charge is 0.416 e. The molecule has 0 aliphatic heterocycles. The van der Waals surface area contributed by atoms with Gasteiger partial charge in [0.15, 0.2) is 9.84 Å². The smallest absolute Gasteiger partial charge is 0.348 e. The minimum atomic E-state index is -4.48. The first-order valence-electron chi connectivity index (χ1n) is 6.92. The van der Waals surface area contributed by atoms with E-state index < -0.39 is 27.5 Å². The van der Waals surface area contributed by atoms with E-state index in [1.165, 1.54) is 24.3 Å². The number of sulfone groups is 1. The van der Waals surface area contributed by atoms with Gasteiger partial charge in [-0.2, -0.15) is 13.2 Å². The predicted octanol–water partition coefficient (Wildman–Crippen LogP) is 3.69. The number of hydrogen-bond donors (Lipinski definition) is 1. The van der Waals surface area contributed by atoms with Crippen LogP contribution in [0.1, 0.15) is 21.5 Å². The normalized spacial score (nSPS) is 12.0. The fourth-order valence-corrected chi connectivity index (χ4v) is 2.89. The molecule has 2 aromatic carbocycles. The Morgan fingerprint density at radius 1 is 1.16 bits per heavy atom. The molecule has 0 spiro atoms. The van der Waals surface area contributed by atoms with Crippen molar-refractivity contribution in [2.24, 2.45) is 0 Å². The zero-order chi connectivity index (χ0) is 18.8. The van der Waals surface area contributed by atoms with Gasteiger partial charge in [0.05, 0.1) is 21.0 Å². The summed E-state index contributed by atoms with van der Waals surface area (Å²) in [5.74, 6) is -0.687. The zero-order valence-electron chi connectivity index (χ0n) is 12.9. The number of amides is 1. The van der Waals surface area contributed by atoms with Crippen molar-refractivity contribution in [1.82, 2.24) is 5.32 Å². The summed E-state index contributed by atoms with van der Waals surface area (Å²) in [6, 6.07) is 8.19. The molecule has 0 saturated heterocycles. The van der Waals surface area contributed by atoms with Crippen LogP contribution >= 0.6 is 11.6 Å². The maximum atomic E-state index is 12.7. The summed E-state index contributed by atoms with van der Waals surface area (Å²) in [5, 5.41) is 2.46. The molecule has 4 nitrogen and oxygen atoms in total. The third kappa shape index (κ3) is 4.96. The van der Waals surface area contributed by atoms with E-state index in [9.17, 15) is 26.4 Å². The van der Waals surface area contributed by atoms with E-state index in [0.717, 1.165) is 24.5 Å². The van der Waals surface area contributed by atoms with Crippen molar-refractivity contribution >= 4 is 27.3 Å². The molecule has 0 aromatic heterocycles. The molecule has 2 rings (SSSR count). The highest BCUT2D eigenvalue weighted by molar-refractivity contribution is 7.90. The highest BCUT2D eigenvalue weighted by Crippen LogP contribution is 2.29. The van der Waals surface area contributed by atoms with E-state index in [2.05, 4.69) is 5.32 Å². The SMILES string of the molecule is CS(=O)(=O)c1ccc(Cl)c(C(=O)NCc2cccc(C(F)(F)F)c2)c1. The summed E-state index contributed by atoms with van der Waals surface area (Å²) in [6.07, 6.45) is -3.49. The summed E-state index contributed by atoms with van der Waals surface area (Å²) < 4.78 is 61.1. The molecular formula is C16H13ClF3NO3S. The Morgan fingerprint density at radius 2 is 1.84 bits per heavy atom. The summed E-state index contributed by atoms with van der Waals surface area (Å²) in [6.45, 7) is -0.164. The monoisotopic (exact) mass is 391 g/mol. The average molecular weight is 392 g/mol. The average Bonchev–Trinajstić information content (AvgIpc) is 2.51. The van der Waals surface area contributed by atoms with E-state index in [1.807, 2.05) is 0 Å². The third-order valence-corrected chi connectivity index (χ3v) is 4.76. The summed E-state index contributed by atoms with van der Waals surface area (Å²) >= 11 is 5.90. The van der Waals surface area contributed by atoms with Gasteiger partial charge in [-0.25, -0.2) is 8.42 Å². The van der Waals surface area contributed by atoms with Crippen LogP contribution in [0.3, 0.4) is 0 Å². The van der Waals surface area contributed by atoms with E-state index in [-0.39, 0.29) is 27.6 Å². The van der Waals surface area contributed by atoms with Crippen molar-refractivity contribution in [1.29, 1.82) is 0 Å². The molecule has 1 N–H and O–H groups in total. The van der Waals surface area contributed by atoms with Crippen LogP contribution in [-0.4, -0.2) is 20.6 Å². The number of hydrogen-bond acceptors (Lipinski definition) is 3. The van der Waals surface area contributed by atoms with Crippen LogP contribution in [0.2, 0.25) is 5.02 Å². The lowest BCUT2D eigenvalue weighted by Gasteiger charge is -2.11. The minimum Gasteiger partial charge on any atom is -0.348 e. The molecule has 134 valence electrons. The lowest BCUT2D eigenvalue weighted by Crippen LogP contribution is -2.23. The second-order valence-corrected chi connectivity index (χ2v) is 7.72. The first-order chi connectivity index (χ1) is 11.5.